The molecule has 1 aromatic carbocycles. The molecular weight excluding hydrogens is 252 g/mol. The highest BCUT2D eigenvalue weighted by Crippen LogP contribution is 2.43. The van der Waals surface area contributed by atoms with Gasteiger partial charge in [0.1, 0.15) is 11.9 Å². The van der Waals surface area contributed by atoms with Crippen molar-refractivity contribution >= 4 is 23.4 Å². The Balaban J connectivity index is 1.66. The molecule has 18 heavy (non-hydrogen) atoms. The van der Waals surface area contributed by atoms with Crippen LogP contribution in [0.25, 0.3) is 0 Å². The Morgan fingerprint density at radius 2 is 1.94 bits per heavy atom. The van der Waals surface area contributed by atoms with Crippen molar-refractivity contribution in [1.29, 1.82) is 0 Å². The van der Waals surface area contributed by atoms with Crippen LogP contribution in [0.1, 0.15) is 29.6 Å². The van der Waals surface area contributed by atoms with Gasteiger partial charge in [-0.15, -0.1) is 0 Å². The van der Waals surface area contributed by atoms with Crippen molar-refractivity contribution in [2.24, 2.45) is 11.8 Å². The third-order valence-electron chi connectivity index (χ3n) is 3.89. The van der Waals surface area contributed by atoms with Gasteiger partial charge >= 0.3 is 5.97 Å². The number of ether oxygens (including phenoxy) is 1. The number of hydrogen-bond acceptors (Lipinski definition) is 3. The Labute approximate surface area is 110 Å². The number of Topliss-reactive ketones (excluding diaryl/α,β-unsaturated/α-hetero) is 1. The number of benzene rings is 1. The molecule has 0 spiro atoms. The molecule has 2 saturated carbocycles. The quantitative estimate of drug-likeness (QED) is 0.772. The fourth-order valence-corrected chi connectivity index (χ4v) is 3.05. The molecule has 0 aromatic heterocycles. The second-order valence-corrected chi connectivity index (χ2v) is 5.49. The lowest BCUT2D eigenvalue weighted by molar-refractivity contribution is -0.123. The van der Waals surface area contributed by atoms with E-state index in [4.69, 9.17) is 16.3 Å². The fourth-order valence-electron chi connectivity index (χ4n) is 2.92. The highest BCUT2D eigenvalue weighted by molar-refractivity contribution is 6.30. The van der Waals surface area contributed by atoms with Crippen LogP contribution in [0.4, 0.5) is 0 Å². The number of carbonyl (C=O) groups is 2. The van der Waals surface area contributed by atoms with Gasteiger partial charge in [0.25, 0.3) is 0 Å². The number of carbonyl (C=O) groups excluding carboxylic acids is 2. The van der Waals surface area contributed by atoms with E-state index >= 15 is 0 Å². The van der Waals surface area contributed by atoms with Crippen LogP contribution in [0.5, 0.6) is 0 Å². The normalized spacial score (nSPS) is 29.6. The van der Waals surface area contributed by atoms with Crippen LogP contribution in [0, 0.1) is 11.8 Å². The second-order valence-electron chi connectivity index (χ2n) is 5.05. The monoisotopic (exact) mass is 264 g/mol. The first kappa shape index (κ1) is 11.7. The van der Waals surface area contributed by atoms with Crippen LogP contribution >= 0.6 is 11.6 Å². The Morgan fingerprint density at radius 1 is 1.22 bits per heavy atom. The van der Waals surface area contributed by atoms with Crippen molar-refractivity contribution in [1.82, 2.24) is 0 Å². The SMILES string of the molecule is O=C(O[C@H]1C[C@@H]2C[C@H]1CC2=O)c1ccc(Cl)cc1. The predicted molar refractivity (Wildman–Crippen MR) is 66.5 cm³/mol. The molecule has 0 amide bonds. The van der Waals surface area contributed by atoms with Crippen LogP contribution in [-0.4, -0.2) is 17.9 Å². The average Bonchev–Trinajstić information content (AvgIpc) is 2.88. The van der Waals surface area contributed by atoms with E-state index in [1.807, 2.05) is 0 Å². The number of rotatable bonds is 2. The van der Waals surface area contributed by atoms with Gasteiger partial charge in [-0.1, -0.05) is 11.6 Å². The molecule has 0 unspecified atom stereocenters. The maximum Gasteiger partial charge on any atom is 0.338 e. The minimum atomic E-state index is -0.323. The summed E-state index contributed by atoms with van der Waals surface area (Å²) in [5, 5.41) is 0.595. The van der Waals surface area contributed by atoms with Gasteiger partial charge in [-0.25, -0.2) is 4.79 Å². The standard InChI is InChI=1S/C14H13ClO3/c15-11-3-1-8(2-4-11)14(17)18-13-7-9-5-10(13)6-12(9)16/h1-4,9-10,13H,5-7H2/t9-,10-,13-/m0/s1. The molecule has 94 valence electrons. The van der Waals surface area contributed by atoms with Gasteiger partial charge in [0.2, 0.25) is 0 Å². The zero-order valence-electron chi connectivity index (χ0n) is 9.77. The topological polar surface area (TPSA) is 43.4 Å². The van der Waals surface area contributed by atoms with E-state index in [2.05, 4.69) is 0 Å². The molecule has 0 N–H and O–H groups in total. The Morgan fingerprint density at radius 3 is 2.50 bits per heavy atom. The molecule has 0 radical (unpaired) electrons. The molecule has 0 saturated heterocycles. The molecule has 2 aliphatic rings. The van der Waals surface area contributed by atoms with Crippen molar-refractivity contribution in [3.8, 4) is 0 Å². The van der Waals surface area contributed by atoms with Crippen molar-refractivity contribution in [3.05, 3.63) is 34.9 Å². The van der Waals surface area contributed by atoms with E-state index < -0.39 is 0 Å². The lowest BCUT2D eigenvalue weighted by Crippen LogP contribution is -2.27. The number of ketones is 1. The third-order valence-corrected chi connectivity index (χ3v) is 4.14. The van der Waals surface area contributed by atoms with Gasteiger partial charge in [0.05, 0.1) is 5.56 Å². The molecule has 2 fully saturated rings. The molecule has 2 aliphatic carbocycles. The zero-order chi connectivity index (χ0) is 12.7. The minimum absolute atomic E-state index is 0.0871. The smallest absolute Gasteiger partial charge is 0.338 e. The number of esters is 1. The third kappa shape index (κ3) is 2.03. The van der Waals surface area contributed by atoms with Crippen LogP contribution < -0.4 is 0 Å². The Bertz CT molecular complexity index is 494. The van der Waals surface area contributed by atoms with Gasteiger partial charge in [0, 0.05) is 23.3 Å². The molecule has 3 atom stereocenters. The first-order valence-corrected chi connectivity index (χ1v) is 6.50. The second kappa shape index (κ2) is 4.39. The first-order valence-electron chi connectivity index (χ1n) is 6.13. The number of halogens is 1. The van der Waals surface area contributed by atoms with E-state index in [1.165, 1.54) is 0 Å². The van der Waals surface area contributed by atoms with Crippen LogP contribution in [0.3, 0.4) is 0 Å². The summed E-state index contributed by atoms with van der Waals surface area (Å²) in [6, 6.07) is 6.65. The summed E-state index contributed by atoms with van der Waals surface area (Å²) >= 11 is 5.76. The highest BCUT2D eigenvalue weighted by Gasteiger charge is 2.46. The molecule has 0 aliphatic heterocycles. The van der Waals surface area contributed by atoms with Crippen LogP contribution in [0.15, 0.2) is 24.3 Å². The Kier molecular flexibility index (Phi) is 2.86. The van der Waals surface area contributed by atoms with Gasteiger partial charge in [-0.2, -0.15) is 0 Å². The predicted octanol–water partition coefficient (Wildman–Crippen LogP) is 2.86. The van der Waals surface area contributed by atoms with Crippen molar-refractivity contribution < 1.29 is 14.3 Å². The van der Waals surface area contributed by atoms with Gasteiger partial charge < -0.3 is 4.74 Å². The fraction of sp³-hybridized carbons (Fsp3) is 0.429. The number of hydrogen-bond donors (Lipinski definition) is 0. The van der Waals surface area contributed by atoms with Gasteiger partial charge in [-0.05, 0) is 37.1 Å². The summed E-state index contributed by atoms with van der Waals surface area (Å²) in [5.74, 6) is 0.368. The van der Waals surface area contributed by atoms with Gasteiger partial charge in [0.15, 0.2) is 0 Å². The van der Waals surface area contributed by atoms with E-state index in [0.29, 0.717) is 29.2 Å². The molecule has 4 heteroatoms. The summed E-state index contributed by atoms with van der Waals surface area (Å²) < 4.78 is 5.49. The van der Waals surface area contributed by atoms with Gasteiger partial charge in [-0.3, -0.25) is 4.79 Å². The molecular formula is C14H13ClO3. The molecule has 2 bridgehead atoms. The molecule has 3 nitrogen and oxygen atoms in total. The maximum absolute atomic E-state index is 11.9. The summed E-state index contributed by atoms with van der Waals surface area (Å²) in [4.78, 5) is 23.3. The summed E-state index contributed by atoms with van der Waals surface area (Å²) in [5.41, 5.74) is 0.508. The summed E-state index contributed by atoms with van der Waals surface area (Å²) in [7, 11) is 0. The van der Waals surface area contributed by atoms with E-state index in [1.54, 1.807) is 24.3 Å². The summed E-state index contributed by atoms with van der Waals surface area (Å²) in [6.07, 6.45) is 2.07. The lowest BCUT2D eigenvalue weighted by atomic mass is 9.96. The van der Waals surface area contributed by atoms with Crippen LogP contribution in [-0.2, 0) is 9.53 Å². The van der Waals surface area contributed by atoms with E-state index in [-0.39, 0.29) is 23.9 Å². The lowest BCUT2D eigenvalue weighted by Gasteiger charge is -2.21. The number of fused-ring (bicyclic) bond motifs is 2. The largest absolute Gasteiger partial charge is 0.458 e. The first-order chi connectivity index (χ1) is 8.63. The Hall–Kier alpha value is -1.35. The highest BCUT2D eigenvalue weighted by atomic mass is 35.5. The molecule has 1 aromatic rings. The van der Waals surface area contributed by atoms with Crippen LogP contribution in [0.2, 0.25) is 5.02 Å². The van der Waals surface area contributed by atoms with Crippen molar-refractivity contribution in [2.75, 3.05) is 0 Å². The summed E-state index contributed by atoms with van der Waals surface area (Å²) in [6.45, 7) is 0. The van der Waals surface area contributed by atoms with Crippen molar-refractivity contribution in [3.63, 3.8) is 0 Å². The van der Waals surface area contributed by atoms with E-state index in [9.17, 15) is 9.59 Å². The minimum Gasteiger partial charge on any atom is -0.458 e. The van der Waals surface area contributed by atoms with Crippen molar-refractivity contribution in [2.45, 2.75) is 25.4 Å². The van der Waals surface area contributed by atoms with E-state index in [0.717, 1.165) is 6.42 Å². The molecule has 0 heterocycles. The average molecular weight is 265 g/mol. The maximum atomic E-state index is 11.9. The molecule has 3 rings (SSSR count). The zero-order valence-corrected chi connectivity index (χ0v) is 10.5.